The topological polar surface area (TPSA) is 46.1 Å². The molecule has 0 aliphatic rings. The Morgan fingerprint density at radius 2 is 0.722 bits per heavy atom. The van der Waals surface area contributed by atoms with E-state index in [9.17, 15) is 10.2 Å². The molecule has 0 amide bonds. The van der Waals surface area contributed by atoms with Gasteiger partial charge in [-0.1, -0.05) is 60.0 Å². The van der Waals surface area contributed by atoms with Crippen molar-refractivity contribution in [2.75, 3.05) is 0 Å². The first kappa shape index (κ1) is 15.8. The molecule has 0 saturated carbocycles. The normalized spacial score (nSPS) is 9.78. The third kappa shape index (κ3) is 2.42. The minimum Gasteiger partial charge on any atom is -0.872 e. The van der Waals surface area contributed by atoms with E-state index in [0.717, 1.165) is 0 Å². The average Bonchev–Trinajstić information content (AvgIpc) is 2.36. The van der Waals surface area contributed by atoms with Crippen molar-refractivity contribution in [1.82, 2.24) is 0 Å². The summed E-state index contributed by atoms with van der Waals surface area (Å²) in [5.74, 6) is -0.128. The van der Waals surface area contributed by atoms with Crippen molar-refractivity contribution in [1.29, 1.82) is 0 Å². The van der Waals surface area contributed by atoms with Gasteiger partial charge in [0.2, 0.25) is 0 Å². The molecule has 0 heterocycles. The summed E-state index contributed by atoms with van der Waals surface area (Å²) in [4.78, 5) is 0. The zero-order valence-electron chi connectivity index (χ0n) is 10.4. The van der Waals surface area contributed by atoms with Crippen LogP contribution in [0.2, 0.25) is 0 Å². The van der Waals surface area contributed by atoms with Gasteiger partial charge in [0, 0.05) is 0 Å². The first-order chi connectivity index (χ1) is 7.79. The molecular formula is C14H8Na2O2. The van der Waals surface area contributed by atoms with Crippen LogP contribution in [-0.2, 0) is 0 Å². The van der Waals surface area contributed by atoms with Gasteiger partial charge in [0.05, 0.1) is 0 Å². The summed E-state index contributed by atoms with van der Waals surface area (Å²) in [6, 6.07) is 13.9. The molecule has 0 unspecified atom stereocenters. The van der Waals surface area contributed by atoms with Gasteiger partial charge >= 0.3 is 59.1 Å². The van der Waals surface area contributed by atoms with E-state index in [-0.39, 0.29) is 70.6 Å². The van der Waals surface area contributed by atoms with E-state index < -0.39 is 0 Å². The molecular weight excluding hydrogens is 246 g/mol. The Morgan fingerprint density at radius 3 is 0.944 bits per heavy atom. The molecule has 3 rings (SSSR count). The van der Waals surface area contributed by atoms with Crippen molar-refractivity contribution < 1.29 is 69.3 Å². The van der Waals surface area contributed by atoms with Crippen LogP contribution in [0.4, 0.5) is 0 Å². The monoisotopic (exact) mass is 254 g/mol. The standard InChI is InChI=1S/C14H10O2.2Na/c15-13-9-5-1-2-6-10(9)14(16)12-8-4-3-7-11(12)13;;/h1-8,15-16H;;/q;2*+1/p-2. The fourth-order valence-electron chi connectivity index (χ4n) is 2.05. The van der Waals surface area contributed by atoms with Crippen LogP contribution in [0.3, 0.4) is 0 Å². The van der Waals surface area contributed by atoms with E-state index in [2.05, 4.69) is 0 Å². The molecule has 0 fully saturated rings. The van der Waals surface area contributed by atoms with Crippen molar-refractivity contribution in [2.24, 2.45) is 0 Å². The largest absolute Gasteiger partial charge is 1.00 e. The fraction of sp³-hybridized carbons (Fsp3) is 0. The molecule has 0 N–H and O–H groups in total. The molecule has 0 atom stereocenters. The molecule has 18 heavy (non-hydrogen) atoms. The van der Waals surface area contributed by atoms with Crippen molar-refractivity contribution in [3.05, 3.63) is 48.5 Å². The van der Waals surface area contributed by atoms with Crippen LogP contribution in [0.25, 0.3) is 21.5 Å². The van der Waals surface area contributed by atoms with Crippen LogP contribution >= 0.6 is 0 Å². The third-order valence-electron chi connectivity index (χ3n) is 2.83. The summed E-state index contributed by atoms with van der Waals surface area (Å²) in [5, 5.41) is 26.2. The molecule has 0 aliphatic heterocycles. The smallest absolute Gasteiger partial charge is 0.872 e. The van der Waals surface area contributed by atoms with E-state index in [1.54, 1.807) is 48.5 Å². The van der Waals surface area contributed by atoms with Crippen LogP contribution in [0.1, 0.15) is 0 Å². The second kappa shape index (κ2) is 6.29. The van der Waals surface area contributed by atoms with Crippen LogP contribution in [0.15, 0.2) is 48.5 Å². The maximum absolute atomic E-state index is 12.1. The molecule has 3 aromatic rings. The summed E-state index contributed by atoms with van der Waals surface area (Å²) in [6.45, 7) is 0. The fourth-order valence-corrected chi connectivity index (χ4v) is 2.05. The van der Waals surface area contributed by atoms with E-state index in [1.807, 2.05) is 0 Å². The molecule has 0 aliphatic carbocycles. The summed E-state index contributed by atoms with van der Waals surface area (Å²) in [5.41, 5.74) is 0. The first-order valence-corrected chi connectivity index (χ1v) is 5.06. The molecule has 0 bridgehead atoms. The SMILES string of the molecule is [Na+].[Na+].[O-]c1c2ccccc2c([O-])c2ccccc12. The molecule has 4 heteroatoms. The van der Waals surface area contributed by atoms with Crippen molar-refractivity contribution in [2.45, 2.75) is 0 Å². The molecule has 0 spiro atoms. The summed E-state index contributed by atoms with van der Waals surface area (Å²) in [7, 11) is 0. The van der Waals surface area contributed by atoms with E-state index in [1.165, 1.54) is 0 Å². The Balaban J connectivity index is 0.000000810. The molecule has 78 valence electrons. The summed E-state index contributed by atoms with van der Waals surface area (Å²) >= 11 is 0. The molecule has 3 aromatic carbocycles. The third-order valence-corrected chi connectivity index (χ3v) is 2.83. The van der Waals surface area contributed by atoms with Crippen LogP contribution in [-0.4, -0.2) is 0 Å². The van der Waals surface area contributed by atoms with E-state index >= 15 is 0 Å². The Bertz CT molecular complexity index is 579. The van der Waals surface area contributed by atoms with E-state index in [4.69, 9.17) is 0 Å². The van der Waals surface area contributed by atoms with Gasteiger partial charge in [-0.2, -0.15) is 0 Å². The number of rotatable bonds is 0. The number of fused-ring (bicyclic) bond motifs is 2. The van der Waals surface area contributed by atoms with Crippen LogP contribution < -0.4 is 69.3 Å². The van der Waals surface area contributed by atoms with Crippen LogP contribution in [0.5, 0.6) is 11.5 Å². The number of benzene rings is 3. The minimum absolute atomic E-state index is 0. The quantitative estimate of drug-likeness (QED) is 0.304. The van der Waals surface area contributed by atoms with Gasteiger partial charge in [-0.25, -0.2) is 0 Å². The predicted octanol–water partition coefficient (Wildman–Crippen LogP) is -3.85. The zero-order valence-corrected chi connectivity index (χ0v) is 14.4. The van der Waals surface area contributed by atoms with Gasteiger partial charge in [-0.3, -0.25) is 0 Å². The second-order valence-electron chi connectivity index (χ2n) is 3.75. The Morgan fingerprint density at radius 1 is 0.500 bits per heavy atom. The Labute approximate surface area is 149 Å². The molecule has 2 nitrogen and oxygen atoms in total. The molecule has 0 aromatic heterocycles. The van der Waals surface area contributed by atoms with Gasteiger partial charge in [0.1, 0.15) is 0 Å². The van der Waals surface area contributed by atoms with E-state index in [0.29, 0.717) is 21.5 Å². The van der Waals surface area contributed by atoms with Crippen molar-refractivity contribution in [3.8, 4) is 11.5 Å². The number of hydrogen-bond acceptors (Lipinski definition) is 2. The Kier molecular flexibility index (Phi) is 5.53. The van der Waals surface area contributed by atoms with Gasteiger partial charge < -0.3 is 10.2 Å². The van der Waals surface area contributed by atoms with Gasteiger partial charge in [-0.15, -0.1) is 0 Å². The Hall–Kier alpha value is -0.220. The first-order valence-electron chi connectivity index (χ1n) is 5.06. The van der Waals surface area contributed by atoms with Crippen LogP contribution in [0, 0.1) is 0 Å². The maximum Gasteiger partial charge on any atom is 1.00 e. The minimum atomic E-state index is -0.0641. The molecule has 0 saturated heterocycles. The van der Waals surface area contributed by atoms with Crippen molar-refractivity contribution in [3.63, 3.8) is 0 Å². The predicted molar refractivity (Wildman–Crippen MR) is 60.3 cm³/mol. The number of hydrogen-bond donors (Lipinski definition) is 0. The zero-order chi connectivity index (χ0) is 11.1. The summed E-state index contributed by atoms with van der Waals surface area (Å²) < 4.78 is 0. The van der Waals surface area contributed by atoms with Gasteiger partial charge in [0.15, 0.2) is 0 Å². The average molecular weight is 254 g/mol. The molecule has 0 radical (unpaired) electrons. The maximum atomic E-state index is 12.1. The van der Waals surface area contributed by atoms with Crippen molar-refractivity contribution >= 4 is 21.5 Å². The van der Waals surface area contributed by atoms with Gasteiger partial charge in [0.25, 0.3) is 0 Å². The van der Waals surface area contributed by atoms with Gasteiger partial charge in [-0.05, 0) is 21.5 Å². The second-order valence-corrected chi connectivity index (χ2v) is 3.75. The summed E-state index contributed by atoms with van der Waals surface area (Å²) in [6.07, 6.45) is 0.